The summed E-state index contributed by atoms with van der Waals surface area (Å²) >= 11 is 6.03. The molecule has 1 amide bonds. The fourth-order valence-electron chi connectivity index (χ4n) is 2.33. The summed E-state index contributed by atoms with van der Waals surface area (Å²) in [7, 11) is 1.57. The molecular weight excluding hydrogens is 352 g/mol. The molecular formula is C19H17ClN4O2. The van der Waals surface area contributed by atoms with Crippen molar-refractivity contribution in [2.75, 3.05) is 12.4 Å². The van der Waals surface area contributed by atoms with Crippen molar-refractivity contribution in [1.82, 2.24) is 15.3 Å². The zero-order chi connectivity index (χ0) is 18.4. The molecule has 7 heteroatoms. The van der Waals surface area contributed by atoms with Crippen LogP contribution in [-0.4, -0.2) is 23.0 Å². The predicted octanol–water partition coefficient (Wildman–Crippen LogP) is 3.81. The number of carbonyl (C=O) groups is 1. The van der Waals surface area contributed by atoms with Gasteiger partial charge in [0.25, 0.3) is 5.91 Å². The van der Waals surface area contributed by atoms with Gasteiger partial charge in [0.05, 0.1) is 12.8 Å². The summed E-state index contributed by atoms with van der Waals surface area (Å²) in [6, 6.07) is 16.4. The third-order valence-electron chi connectivity index (χ3n) is 3.62. The molecule has 2 N–H and O–H groups in total. The van der Waals surface area contributed by atoms with Gasteiger partial charge in [-0.25, -0.2) is 9.97 Å². The van der Waals surface area contributed by atoms with Crippen molar-refractivity contribution >= 4 is 29.0 Å². The Morgan fingerprint density at radius 2 is 1.92 bits per heavy atom. The maximum atomic E-state index is 12.3. The SMILES string of the molecule is COc1ccc(Cl)cc1Nc1cc(C(=O)NCc2ccccc2)ncn1. The number of nitrogens with one attached hydrogen (secondary N) is 2. The highest BCUT2D eigenvalue weighted by Crippen LogP contribution is 2.29. The summed E-state index contributed by atoms with van der Waals surface area (Å²) in [5.41, 5.74) is 1.92. The highest BCUT2D eigenvalue weighted by atomic mass is 35.5. The first kappa shape index (κ1) is 17.7. The molecule has 0 saturated carbocycles. The van der Waals surface area contributed by atoms with Crippen molar-refractivity contribution in [2.45, 2.75) is 6.54 Å². The molecule has 0 saturated heterocycles. The molecule has 0 unspecified atom stereocenters. The summed E-state index contributed by atoms with van der Waals surface area (Å²) in [6.45, 7) is 0.425. The summed E-state index contributed by atoms with van der Waals surface area (Å²) in [5, 5.41) is 6.49. The number of aromatic nitrogens is 2. The summed E-state index contributed by atoms with van der Waals surface area (Å²) in [6.07, 6.45) is 1.33. The minimum atomic E-state index is -0.280. The van der Waals surface area contributed by atoms with E-state index in [1.165, 1.54) is 6.33 Å². The fraction of sp³-hybridized carbons (Fsp3) is 0.105. The predicted molar refractivity (Wildman–Crippen MR) is 101 cm³/mol. The van der Waals surface area contributed by atoms with Gasteiger partial charge in [0.1, 0.15) is 23.6 Å². The molecule has 3 rings (SSSR count). The second kappa shape index (κ2) is 8.31. The van der Waals surface area contributed by atoms with Crippen LogP contribution in [0.1, 0.15) is 16.1 Å². The van der Waals surface area contributed by atoms with E-state index in [0.717, 1.165) is 5.56 Å². The maximum absolute atomic E-state index is 12.3. The monoisotopic (exact) mass is 368 g/mol. The van der Waals surface area contributed by atoms with Crippen LogP contribution in [0.4, 0.5) is 11.5 Å². The Hall–Kier alpha value is -3.12. The first-order valence-corrected chi connectivity index (χ1v) is 8.28. The van der Waals surface area contributed by atoms with E-state index < -0.39 is 0 Å². The van der Waals surface area contributed by atoms with E-state index >= 15 is 0 Å². The quantitative estimate of drug-likeness (QED) is 0.691. The molecule has 0 aliphatic carbocycles. The largest absolute Gasteiger partial charge is 0.495 e. The minimum absolute atomic E-state index is 0.263. The molecule has 3 aromatic rings. The number of anilines is 2. The first-order valence-electron chi connectivity index (χ1n) is 7.90. The lowest BCUT2D eigenvalue weighted by Crippen LogP contribution is -2.24. The smallest absolute Gasteiger partial charge is 0.270 e. The second-order valence-electron chi connectivity index (χ2n) is 5.43. The van der Waals surface area contributed by atoms with E-state index in [1.54, 1.807) is 31.4 Å². The number of ether oxygens (including phenoxy) is 1. The third-order valence-corrected chi connectivity index (χ3v) is 3.85. The van der Waals surface area contributed by atoms with E-state index in [9.17, 15) is 4.79 Å². The van der Waals surface area contributed by atoms with Gasteiger partial charge in [-0.15, -0.1) is 0 Å². The molecule has 0 bridgehead atoms. The number of rotatable bonds is 6. The molecule has 2 aromatic carbocycles. The van der Waals surface area contributed by atoms with Crippen LogP contribution in [0.3, 0.4) is 0 Å². The van der Waals surface area contributed by atoms with Crippen molar-refractivity contribution in [2.24, 2.45) is 0 Å². The highest BCUT2D eigenvalue weighted by molar-refractivity contribution is 6.31. The zero-order valence-electron chi connectivity index (χ0n) is 14.1. The number of amides is 1. The Bertz CT molecular complexity index is 903. The molecule has 0 aliphatic rings. The summed E-state index contributed by atoms with van der Waals surface area (Å²) < 4.78 is 5.29. The topological polar surface area (TPSA) is 76.1 Å². The number of hydrogen-bond donors (Lipinski definition) is 2. The number of benzene rings is 2. The normalized spacial score (nSPS) is 10.2. The van der Waals surface area contributed by atoms with Crippen molar-refractivity contribution in [3.05, 3.63) is 77.2 Å². The van der Waals surface area contributed by atoms with Crippen LogP contribution in [0.15, 0.2) is 60.9 Å². The average Bonchev–Trinajstić information content (AvgIpc) is 2.67. The molecule has 6 nitrogen and oxygen atoms in total. The van der Waals surface area contributed by atoms with Crippen LogP contribution in [0, 0.1) is 0 Å². The average molecular weight is 369 g/mol. The highest BCUT2D eigenvalue weighted by Gasteiger charge is 2.10. The zero-order valence-corrected chi connectivity index (χ0v) is 14.8. The van der Waals surface area contributed by atoms with Gasteiger partial charge in [-0.3, -0.25) is 4.79 Å². The number of carbonyl (C=O) groups excluding carboxylic acids is 1. The number of nitrogens with zero attached hydrogens (tertiary/aromatic N) is 2. The van der Waals surface area contributed by atoms with E-state index in [4.69, 9.17) is 16.3 Å². The molecule has 132 valence electrons. The third kappa shape index (κ3) is 4.49. The molecule has 0 radical (unpaired) electrons. The van der Waals surface area contributed by atoms with Crippen molar-refractivity contribution in [1.29, 1.82) is 0 Å². The van der Waals surface area contributed by atoms with Gasteiger partial charge in [0.15, 0.2) is 0 Å². The van der Waals surface area contributed by atoms with Crippen LogP contribution in [0.5, 0.6) is 5.75 Å². The van der Waals surface area contributed by atoms with Crippen molar-refractivity contribution in [3.8, 4) is 5.75 Å². The van der Waals surface area contributed by atoms with Gasteiger partial charge < -0.3 is 15.4 Å². The number of methoxy groups -OCH3 is 1. The first-order chi connectivity index (χ1) is 12.7. The Morgan fingerprint density at radius 1 is 1.12 bits per heavy atom. The van der Waals surface area contributed by atoms with Gasteiger partial charge in [0, 0.05) is 17.6 Å². The number of hydrogen-bond acceptors (Lipinski definition) is 5. The summed E-state index contributed by atoms with van der Waals surface area (Å²) in [4.78, 5) is 20.5. The maximum Gasteiger partial charge on any atom is 0.270 e. The fourth-order valence-corrected chi connectivity index (χ4v) is 2.51. The number of halogens is 1. The van der Waals surface area contributed by atoms with Gasteiger partial charge in [-0.1, -0.05) is 41.9 Å². The Labute approximate surface area is 156 Å². The van der Waals surface area contributed by atoms with Crippen LogP contribution in [-0.2, 0) is 6.54 Å². The Morgan fingerprint density at radius 3 is 2.69 bits per heavy atom. The molecule has 1 aromatic heterocycles. The standard InChI is InChI=1S/C19H17ClN4O2/c1-26-17-8-7-14(20)9-15(17)24-18-10-16(22-12-23-18)19(25)21-11-13-5-3-2-4-6-13/h2-10,12H,11H2,1H3,(H,21,25)(H,22,23,24). The summed E-state index contributed by atoms with van der Waals surface area (Å²) in [5.74, 6) is 0.797. The van der Waals surface area contributed by atoms with Crippen LogP contribution < -0.4 is 15.4 Å². The van der Waals surface area contributed by atoms with E-state index in [2.05, 4.69) is 20.6 Å². The van der Waals surface area contributed by atoms with Crippen molar-refractivity contribution in [3.63, 3.8) is 0 Å². The van der Waals surface area contributed by atoms with Gasteiger partial charge >= 0.3 is 0 Å². The van der Waals surface area contributed by atoms with E-state index in [1.807, 2.05) is 30.3 Å². The molecule has 0 atom stereocenters. The van der Waals surface area contributed by atoms with Gasteiger partial charge in [-0.2, -0.15) is 0 Å². The minimum Gasteiger partial charge on any atom is -0.495 e. The lowest BCUT2D eigenvalue weighted by molar-refractivity contribution is 0.0946. The molecule has 0 spiro atoms. The lowest BCUT2D eigenvalue weighted by Gasteiger charge is -2.11. The molecule has 1 heterocycles. The van der Waals surface area contributed by atoms with Crippen LogP contribution in [0.25, 0.3) is 0 Å². The van der Waals surface area contributed by atoms with Crippen LogP contribution in [0.2, 0.25) is 5.02 Å². The Kier molecular flexibility index (Phi) is 5.66. The van der Waals surface area contributed by atoms with Gasteiger partial charge in [0.2, 0.25) is 0 Å². The van der Waals surface area contributed by atoms with Crippen LogP contribution >= 0.6 is 11.6 Å². The second-order valence-corrected chi connectivity index (χ2v) is 5.86. The van der Waals surface area contributed by atoms with E-state index in [0.29, 0.717) is 28.8 Å². The van der Waals surface area contributed by atoms with Crippen molar-refractivity contribution < 1.29 is 9.53 Å². The molecule has 26 heavy (non-hydrogen) atoms. The molecule has 0 fully saturated rings. The molecule has 0 aliphatic heterocycles. The Balaban J connectivity index is 1.72. The lowest BCUT2D eigenvalue weighted by atomic mass is 10.2. The van der Waals surface area contributed by atoms with Gasteiger partial charge in [-0.05, 0) is 23.8 Å². The van der Waals surface area contributed by atoms with E-state index in [-0.39, 0.29) is 11.6 Å².